The SMILES string of the molecule is COCC(O)CN(C)C(=O)c1ccc(C)nc1C. The number of likely N-dealkylation sites (N-methyl/N-ethyl adjacent to an activating group) is 1. The molecule has 0 aliphatic carbocycles. The minimum absolute atomic E-state index is 0.143. The first kappa shape index (κ1) is 14.6. The number of amides is 1. The van der Waals surface area contributed by atoms with Crippen molar-refractivity contribution >= 4 is 5.91 Å². The summed E-state index contributed by atoms with van der Waals surface area (Å²) in [6, 6.07) is 3.57. The van der Waals surface area contributed by atoms with E-state index < -0.39 is 6.10 Å². The molecule has 0 aromatic carbocycles. The van der Waals surface area contributed by atoms with Crippen molar-refractivity contribution in [2.24, 2.45) is 0 Å². The number of carbonyl (C=O) groups is 1. The summed E-state index contributed by atoms with van der Waals surface area (Å²) in [5, 5.41) is 9.59. The highest BCUT2D eigenvalue weighted by atomic mass is 16.5. The molecule has 18 heavy (non-hydrogen) atoms. The van der Waals surface area contributed by atoms with Gasteiger partial charge in [-0.15, -0.1) is 0 Å². The van der Waals surface area contributed by atoms with Crippen molar-refractivity contribution in [3.63, 3.8) is 0 Å². The van der Waals surface area contributed by atoms with Crippen LogP contribution in [0.25, 0.3) is 0 Å². The van der Waals surface area contributed by atoms with Crippen LogP contribution in [0, 0.1) is 13.8 Å². The van der Waals surface area contributed by atoms with Gasteiger partial charge in [-0.3, -0.25) is 9.78 Å². The van der Waals surface area contributed by atoms with Crippen LogP contribution in [0.15, 0.2) is 12.1 Å². The van der Waals surface area contributed by atoms with Gasteiger partial charge < -0.3 is 14.7 Å². The van der Waals surface area contributed by atoms with E-state index in [9.17, 15) is 9.90 Å². The third-order valence-electron chi connectivity index (χ3n) is 2.65. The fourth-order valence-electron chi connectivity index (χ4n) is 1.76. The first-order valence-electron chi connectivity index (χ1n) is 5.82. The Morgan fingerprint density at radius 2 is 2.17 bits per heavy atom. The summed E-state index contributed by atoms with van der Waals surface area (Å²) >= 11 is 0. The predicted octanol–water partition coefficient (Wildman–Crippen LogP) is 0.778. The Labute approximate surface area is 107 Å². The second-order valence-corrected chi connectivity index (χ2v) is 4.38. The molecule has 1 N–H and O–H groups in total. The van der Waals surface area contributed by atoms with Crippen LogP contribution in [0.1, 0.15) is 21.7 Å². The Bertz CT molecular complexity index is 421. The summed E-state index contributed by atoms with van der Waals surface area (Å²) in [6.45, 7) is 4.13. The summed E-state index contributed by atoms with van der Waals surface area (Å²) < 4.78 is 4.83. The standard InChI is InChI=1S/C13H20N2O3/c1-9-5-6-12(10(2)14-9)13(17)15(3)7-11(16)8-18-4/h5-6,11,16H,7-8H2,1-4H3. The van der Waals surface area contributed by atoms with Crippen molar-refractivity contribution in [3.05, 3.63) is 29.1 Å². The molecule has 0 saturated carbocycles. The van der Waals surface area contributed by atoms with Gasteiger partial charge in [-0.25, -0.2) is 0 Å². The maximum absolute atomic E-state index is 12.2. The lowest BCUT2D eigenvalue weighted by molar-refractivity contribution is 0.0379. The van der Waals surface area contributed by atoms with Crippen LogP contribution in [-0.4, -0.2) is 54.3 Å². The molecule has 1 unspecified atom stereocenters. The Hall–Kier alpha value is -1.46. The number of aryl methyl sites for hydroxylation is 2. The molecule has 0 saturated heterocycles. The number of carbonyl (C=O) groups excluding carboxylic acids is 1. The second-order valence-electron chi connectivity index (χ2n) is 4.38. The number of aliphatic hydroxyl groups is 1. The highest BCUT2D eigenvalue weighted by Crippen LogP contribution is 2.09. The van der Waals surface area contributed by atoms with E-state index in [4.69, 9.17) is 4.74 Å². The third kappa shape index (κ3) is 3.78. The van der Waals surface area contributed by atoms with E-state index >= 15 is 0 Å². The zero-order valence-corrected chi connectivity index (χ0v) is 11.3. The van der Waals surface area contributed by atoms with E-state index in [1.54, 1.807) is 26.1 Å². The number of ether oxygens (including phenoxy) is 1. The zero-order valence-electron chi connectivity index (χ0n) is 11.3. The van der Waals surface area contributed by atoms with Gasteiger partial charge in [-0.2, -0.15) is 0 Å². The Morgan fingerprint density at radius 3 is 2.72 bits per heavy atom. The summed E-state index contributed by atoms with van der Waals surface area (Å²) in [6.07, 6.45) is -0.678. The molecule has 1 rings (SSSR count). The van der Waals surface area contributed by atoms with E-state index in [0.717, 1.165) is 5.69 Å². The topological polar surface area (TPSA) is 62.7 Å². The maximum Gasteiger partial charge on any atom is 0.255 e. The van der Waals surface area contributed by atoms with Crippen molar-refractivity contribution in [2.45, 2.75) is 20.0 Å². The van der Waals surface area contributed by atoms with Gasteiger partial charge in [0.2, 0.25) is 0 Å². The number of pyridine rings is 1. The van der Waals surface area contributed by atoms with Crippen LogP contribution in [0.3, 0.4) is 0 Å². The Balaban J connectivity index is 2.74. The number of methoxy groups -OCH3 is 1. The van der Waals surface area contributed by atoms with Crippen molar-refractivity contribution in [1.82, 2.24) is 9.88 Å². The highest BCUT2D eigenvalue weighted by Gasteiger charge is 2.17. The second kappa shape index (κ2) is 6.47. The molecule has 1 amide bonds. The van der Waals surface area contributed by atoms with E-state index in [-0.39, 0.29) is 19.1 Å². The summed E-state index contributed by atoms with van der Waals surface area (Å²) in [7, 11) is 3.17. The van der Waals surface area contributed by atoms with Gasteiger partial charge in [0.1, 0.15) is 0 Å². The molecule has 0 spiro atoms. The molecular weight excluding hydrogens is 232 g/mol. The van der Waals surface area contributed by atoms with Gasteiger partial charge in [-0.05, 0) is 26.0 Å². The summed E-state index contributed by atoms with van der Waals surface area (Å²) in [5.74, 6) is -0.143. The molecular formula is C13H20N2O3. The molecule has 0 bridgehead atoms. The first-order valence-corrected chi connectivity index (χ1v) is 5.82. The average Bonchev–Trinajstić information content (AvgIpc) is 2.28. The molecule has 1 aromatic heterocycles. The lowest BCUT2D eigenvalue weighted by Crippen LogP contribution is -2.36. The number of aliphatic hydroxyl groups excluding tert-OH is 1. The van der Waals surface area contributed by atoms with Gasteiger partial charge in [0.25, 0.3) is 5.91 Å². The van der Waals surface area contributed by atoms with Gasteiger partial charge in [0.05, 0.1) is 24.0 Å². The normalized spacial score (nSPS) is 12.3. The lowest BCUT2D eigenvalue weighted by atomic mass is 10.1. The van der Waals surface area contributed by atoms with E-state index in [1.165, 1.54) is 12.0 Å². The van der Waals surface area contributed by atoms with Gasteiger partial charge in [0, 0.05) is 26.4 Å². The van der Waals surface area contributed by atoms with Crippen LogP contribution in [-0.2, 0) is 4.74 Å². The molecule has 1 atom stereocenters. The molecule has 0 fully saturated rings. The average molecular weight is 252 g/mol. The van der Waals surface area contributed by atoms with Crippen LogP contribution >= 0.6 is 0 Å². The lowest BCUT2D eigenvalue weighted by Gasteiger charge is -2.21. The fourth-order valence-corrected chi connectivity index (χ4v) is 1.76. The first-order chi connectivity index (χ1) is 8.45. The number of nitrogens with zero attached hydrogens (tertiary/aromatic N) is 2. The van der Waals surface area contributed by atoms with Crippen molar-refractivity contribution in [2.75, 3.05) is 27.3 Å². The monoisotopic (exact) mass is 252 g/mol. The molecule has 0 aliphatic heterocycles. The van der Waals surface area contributed by atoms with Crippen molar-refractivity contribution in [1.29, 1.82) is 0 Å². The number of hydrogen-bond donors (Lipinski definition) is 1. The van der Waals surface area contributed by atoms with Crippen molar-refractivity contribution < 1.29 is 14.6 Å². The summed E-state index contributed by atoms with van der Waals surface area (Å²) in [4.78, 5) is 17.9. The molecule has 5 heteroatoms. The minimum atomic E-state index is -0.678. The molecule has 5 nitrogen and oxygen atoms in total. The minimum Gasteiger partial charge on any atom is -0.389 e. The number of hydrogen-bond acceptors (Lipinski definition) is 4. The van der Waals surface area contributed by atoms with E-state index in [0.29, 0.717) is 11.3 Å². The molecule has 1 heterocycles. The molecule has 0 radical (unpaired) electrons. The van der Waals surface area contributed by atoms with Gasteiger partial charge in [0.15, 0.2) is 0 Å². The predicted molar refractivity (Wildman–Crippen MR) is 68.6 cm³/mol. The van der Waals surface area contributed by atoms with Gasteiger partial charge >= 0.3 is 0 Å². The molecule has 1 aromatic rings. The fraction of sp³-hybridized carbons (Fsp3) is 0.538. The molecule has 0 aliphatic rings. The zero-order chi connectivity index (χ0) is 13.7. The highest BCUT2D eigenvalue weighted by molar-refractivity contribution is 5.95. The largest absolute Gasteiger partial charge is 0.389 e. The van der Waals surface area contributed by atoms with E-state index in [2.05, 4.69) is 4.98 Å². The van der Waals surface area contributed by atoms with Crippen LogP contribution in [0.4, 0.5) is 0 Å². The quantitative estimate of drug-likeness (QED) is 0.841. The maximum atomic E-state index is 12.2. The number of aromatic nitrogens is 1. The molecule has 100 valence electrons. The van der Waals surface area contributed by atoms with Crippen LogP contribution in [0.2, 0.25) is 0 Å². The Morgan fingerprint density at radius 1 is 1.50 bits per heavy atom. The van der Waals surface area contributed by atoms with Crippen molar-refractivity contribution in [3.8, 4) is 0 Å². The smallest absolute Gasteiger partial charge is 0.255 e. The van der Waals surface area contributed by atoms with E-state index in [1.807, 2.05) is 6.92 Å². The van der Waals surface area contributed by atoms with Gasteiger partial charge in [-0.1, -0.05) is 0 Å². The summed E-state index contributed by atoms with van der Waals surface area (Å²) in [5.41, 5.74) is 2.15. The Kier molecular flexibility index (Phi) is 5.25. The van der Waals surface area contributed by atoms with Crippen LogP contribution < -0.4 is 0 Å². The third-order valence-corrected chi connectivity index (χ3v) is 2.65. The number of rotatable bonds is 5. The van der Waals surface area contributed by atoms with Crippen LogP contribution in [0.5, 0.6) is 0 Å².